The Morgan fingerprint density at radius 2 is 1.88 bits per heavy atom. The molecular weight excluding hydrogens is 347 g/mol. The van der Waals surface area contributed by atoms with E-state index in [-0.39, 0.29) is 5.41 Å². The highest BCUT2D eigenvalue weighted by Crippen LogP contribution is 2.66. The molecule has 25 heavy (non-hydrogen) atoms. The van der Waals surface area contributed by atoms with Crippen molar-refractivity contribution in [3.8, 4) is 0 Å². The number of fused-ring (bicyclic) bond motifs is 7. The first-order chi connectivity index (χ1) is 12.0. The molecule has 4 unspecified atom stereocenters. The molecule has 1 aromatic carbocycles. The molecular formula is C23H22Cl2. The molecule has 0 saturated heterocycles. The van der Waals surface area contributed by atoms with Gasteiger partial charge in [0.25, 0.3) is 0 Å². The molecule has 4 aliphatic carbocycles. The zero-order valence-corrected chi connectivity index (χ0v) is 15.9. The standard InChI is InChI=1S/C23H22Cl2/c1-13(24)3-7-18-14(2)23(22-10-17(25)6-8-19(18)22)11-20-15-4-5-16(9-15)21(20)12-23/h3-8,10,15-16,20-21H,1,9,11-12H2,2H3/b7-3-. The Labute approximate surface area is 159 Å². The van der Waals surface area contributed by atoms with E-state index in [2.05, 4.69) is 43.9 Å². The van der Waals surface area contributed by atoms with Crippen LogP contribution in [0.25, 0.3) is 5.57 Å². The van der Waals surface area contributed by atoms with Gasteiger partial charge in [0.1, 0.15) is 0 Å². The predicted octanol–water partition coefficient (Wildman–Crippen LogP) is 6.91. The lowest BCUT2D eigenvalue weighted by atomic mass is 9.74. The SMILES string of the molecule is C=C(Cl)/C=C\C1=C(C)C2(CC3C4C=CC(C4)C3C2)c2cc(Cl)ccc21. The zero-order valence-electron chi connectivity index (χ0n) is 14.4. The molecule has 2 saturated carbocycles. The highest BCUT2D eigenvalue weighted by atomic mass is 35.5. The third-order valence-electron chi connectivity index (χ3n) is 7.31. The van der Waals surface area contributed by atoms with E-state index in [1.807, 2.05) is 12.1 Å². The van der Waals surface area contributed by atoms with E-state index in [9.17, 15) is 0 Å². The van der Waals surface area contributed by atoms with Crippen molar-refractivity contribution in [1.82, 2.24) is 0 Å². The van der Waals surface area contributed by atoms with Crippen molar-refractivity contribution in [3.63, 3.8) is 0 Å². The van der Waals surface area contributed by atoms with Crippen LogP contribution in [0.5, 0.6) is 0 Å². The highest BCUT2D eigenvalue weighted by Gasteiger charge is 2.58. The molecule has 0 aromatic heterocycles. The second-order valence-corrected chi connectivity index (χ2v) is 9.20. The van der Waals surface area contributed by atoms with E-state index in [4.69, 9.17) is 23.2 Å². The third kappa shape index (κ3) is 2.14. The van der Waals surface area contributed by atoms with E-state index in [0.29, 0.717) is 5.03 Å². The van der Waals surface area contributed by atoms with Crippen LogP contribution >= 0.6 is 23.2 Å². The van der Waals surface area contributed by atoms with Gasteiger partial charge < -0.3 is 0 Å². The molecule has 128 valence electrons. The fourth-order valence-corrected chi connectivity index (χ4v) is 6.48. The van der Waals surface area contributed by atoms with Crippen LogP contribution < -0.4 is 0 Å². The van der Waals surface area contributed by atoms with Gasteiger partial charge >= 0.3 is 0 Å². The van der Waals surface area contributed by atoms with Gasteiger partial charge in [0, 0.05) is 15.5 Å². The smallest absolute Gasteiger partial charge is 0.0409 e. The summed E-state index contributed by atoms with van der Waals surface area (Å²) >= 11 is 12.4. The maximum absolute atomic E-state index is 6.41. The number of allylic oxidation sites excluding steroid dienone is 7. The van der Waals surface area contributed by atoms with Crippen molar-refractivity contribution in [2.75, 3.05) is 0 Å². The van der Waals surface area contributed by atoms with Crippen LogP contribution in [0.1, 0.15) is 37.3 Å². The Morgan fingerprint density at radius 3 is 2.52 bits per heavy atom. The molecule has 0 radical (unpaired) electrons. The van der Waals surface area contributed by atoms with Gasteiger partial charge in [-0.3, -0.25) is 0 Å². The molecule has 1 aromatic rings. The summed E-state index contributed by atoms with van der Waals surface area (Å²) in [6.07, 6.45) is 12.9. The van der Waals surface area contributed by atoms with E-state index in [1.54, 1.807) is 0 Å². The monoisotopic (exact) mass is 368 g/mol. The first-order valence-electron chi connectivity index (χ1n) is 9.22. The minimum absolute atomic E-state index is 0.159. The van der Waals surface area contributed by atoms with Gasteiger partial charge in [0.2, 0.25) is 0 Å². The highest BCUT2D eigenvalue weighted by molar-refractivity contribution is 6.31. The molecule has 4 aliphatic rings. The van der Waals surface area contributed by atoms with Gasteiger partial charge in [0.05, 0.1) is 0 Å². The number of benzene rings is 1. The molecule has 2 fully saturated rings. The van der Waals surface area contributed by atoms with Crippen molar-refractivity contribution >= 4 is 28.8 Å². The van der Waals surface area contributed by atoms with Crippen LogP contribution in [0.3, 0.4) is 0 Å². The molecule has 0 amide bonds. The third-order valence-corrected chi connectivity index (χ3v) is 7.67. The Hall–Kier alpha value is -1.24. The summed E-state index contributed by atoms with van der Waals surface area (Å²) in [7, 11) is 0. The van der Waals surface area contributed by atoms with Gasteiger partial charge in [-0.1, -0.05) is 59.6 Å². The summed E-state index contributed by atoms with van der Waals surface area (Å²) < 4.78 is 0. The lowest BCUT2D eigenvalue weighted by Crippen LogP contribution is -2.23. The van der Waals surface area contributed by atoms with Gasteiger partial charge in [0.15, 0.2) is 0 Å². The number of hydrogen-bond donors (Lipinski definition) is 0. The maximum Gasteiger partial charge on any atom is 0.0409 e. The lowest BCUT2D eigenvalue weighted by Gasteiger charge is -2.30. The van der Waals surface area contributed by atoms with E-state index in [0.717, 1.165) is 28.7 Å². The minimum atomic E-state index is 0.159. The van der Waals surface area contributed by atoms with Crippen LogP contribution in [0.2, 0.25) is 5.02 Å². The van der Waals surface area contributed by atoms with Gasteiger partial charge in [-0.15, -0.1) is 0 Å². The van der Waals surface area contributed by atoms with Crippen LogP contribution in [0.4, 0.5) is 0 Å². The summed E-state index contributed by atoms with van der Waals surface area (Å²) in [6.45, 7) is 6.12. The van der Waals surface area contributed by atoms with Crippen LogP contribution in [-0.4, -0.2) is 0 Å². The summed E-state index contributed by atoms with van der Waals surface area (Å²) in [5.41, 5.74) is 5.73. The Morgan fingerprint density at radius 1 is 1.20 bits per heavy atom. The fraction of sp³-hybridized carbons (Fsp3) is 0.391. The lowest BCUT2D eigenvalue weighted by molar-refractivity contribution is 0.364. The van der Waals surface area contributed by atoms with Gasteiger partial charge in [-0.25, -0.2) is 0 Å². The molecule has 0 N–H and O–H groups in total. The summed E-state index contributed by atoms with van der Waals surface area (Å²) in [5.74, 6) is 3.27. The molecule has 0 heterocycles. The van der Waals surface area contributed by atoms with Gasteiger partial charge in [-0.05, 0) is 84.8 Å². The predicted molar refractivity (Wildman–Crippen MR) is 107 cm³/mol. The summed E-state index contributed by atoms with van der Waals surface area (Å²) in [5, 5.41) is 1.42. The molecule has 2 bridgehead atoms. The average Bonchev–Trinajstić information content (AvgIpc) is 3.30. The number of hydrogen-bond acceptors (Lipinski definition) is 0. The van der Waals surface area contributed by atoms with Crippen LogP contribution in [-0.2, 0) is 5.41 Å². The molecule has 1 spiro atoms. The summed E-state index contributed by atoms with van der Waals surface area (Å²) in [4.78, 5) is 0. The van der Waals surface area contributed by atoms with Crippen LogP contribution in [0.15, 0.2) is 59.7 Å². The second-order valence-electron chi connectivity index (χ2n) is 8.28. The zero-order chi connectivity index (χ0) is 17.3. The van der Waals surface area contributed by atoms with Crippen molar-refractivity contribution in [1.29, 1.82) is 0 Å². The molecule has 0 aliphatic heterocycles. The van der Waals surface area contributed by atoms with E-state index in [1.165, 1.54) is 41.5 Å². The first kappa shape index (κ1) is 16.0. The second kappa shape index (κ2) is 5.38. The van der Waals surface area contributed by atoms with E-state index < -0.39 is 0 Å². The quantitative estimate of drug-likeness (QED) is 0.393. The molecule has 4 atom stereocenters. The Bertz CT molecular complexity index is 850. The van der Waals surface area contributed by atoms with Gasteiger partial charge in [-0.2, -0.15) is 0 Å². The normalized spacial score (nSPS) is 37.6. The summed E-state index contributed by atoms with van der Waals surface area (Å²) in [6, 6.07) is 6.41. The Balaban J connectivity index is 1.65. The van der Waals surface area contributed by atoms with Crippen LogP contribution in [0, 0.1) is 23.7 Å². The number of halogens is 2. The Kier molecular flexibility index (Phi) is 3.44. The maximum atomic E-state index is 6.41. The molecule has 2 heteroatoms. The van der Waals surface area contributed by atoms with E-state index >= 15 is 0 Å². The largest absolute Gasteiger partial charge is 0.0850 e. The van der Waals surface area contributed by atoms with Crippen molar-refractivity contribution in [3.05, 3.63) is 75.8 Å². The average molecular weight is 369 g/mol. The van der Waals surface area contributed by atoms with Crippen molar-refractivity contribution < 1.29 is 0 Å². The molecule has 0 nitrogen and oxygen atoms in total. The topological polar surface area (TPSA) is 0 Å². The van der Waals surface area contributed by atoms with Crippen molar-refractivity contribution in [2.24, 2.45) is 23.7 Å². The number of rotatable bonds is 2. The van der Waals surface area contributed by atoms with Crippen molar-refractivity contribution in [2.45, 2.75) is 31.6 Å². The first-order valence-corrected chi connectivity index (χ1v) is 9.98. The fourth-order valence-electron chi connectivity index (χ4n) is 6.24. The minimum Gasteiger partial charge on any atom is -0.0850 e. The molecule has 5 rings (SSSR count).